The maximum Gasteiger partial charge on any atom is 0.322 e. The van der Waals surface area contributed by atoms with Gasteiger partial charge in [0.05, 0.1) is 23.8 Å². The first-order chi connectivity index (χ1) is 12.0. The number of halogens is 1. The minimum atomic E-state index is -0.662. The van der Waals surface area contributed by atoms with Gasteiger partial charge in [0.15, 0.2) is 0 Å². The van der Waals surface area contributed by atoms with E-state index in [1.165, 1.54) is 17.0 Å². The lowest BCUT2D eigenvalue weighted by Gasteiger charge is -2.25. The van der Waals surface area contributed by atoms with Gasteiger partial charge in [-0.15, -0.1) is 0 Å². The Labute approximate surface area is 145 Å². The number of anilines is 1. The molecule has 2 N–H and O–H groups in total. The fourth-order valence-corrected chi connectivity index (χ4v) is 3.15. The van der Waals surface area contributed by atoms with Crippen LogP contribution in [-0.4, -0.2) is 28.7 Å². The minimum absolute atomic E-state index is 0.171. The third-order valence-corrected chi connectivity index (χ3v) is 4.47. The molecule has 6 heteroatoms. The second-order valence-electron chi connectivity index (χ2n) is 6.13. The number of carbonyl (C=O) groups is 1. The fraction of sp³-hybridized carbons (Fsp3) is 0.263. The zero-order chi connectivity index (χ0) is 18.0. The molecule has 3 rings (SSSR count). The number of carbonyl (C=O) groups excluding carboxylic acids is 1. The van der Waals surface area contributed by atoms with E-state index in [1.54, 1.807) is 37.3 Å². The average molecular weight is 339 g/mol. The third-order valence-electron chi connectivity index (χ3n) is 4.47. The lowest BCUT2D eigenvalue weighted by atomic mass is 10.0. The van der Waals surface area contributed by atoms with Crippen LogP contribution in [0.3, 0.4) is 0 Å². The van der Waals surface area contributed by atoms with Crippen LogP contribution in [0.2, 0.25) is 0 Å². The molecule has 1 aliphatic rings. The van der Waals surface area contributed by atoms with Crippen molar-refractivity contribution in [3.05, 3.63) is 65.0 Å². The van der Waals surface area contributed by atoms with E-state index >= 15 is 0 Å². The van der Waals surface area contributed by atoms with Gasteiger partial charge in [-0.25, -0.2) is 9.18 Å². The second-order valence-corrected chi connectivity index (χ2v) is 6.13. The molecule has 0 saturated carbocycles. The number of β-amino-alcohol motifs (C(OH)–C–C–N with tert-alkyl or cyclic N) is 1. The number of urea groups is 1. The maximum absolute atomic E-state index is 13.5. The van der Waals surface area contributed by atoms with Gasteiger partial charge in [-0.2, -0.15) is 5.26 Å². The van der Waals surface area contributed by atoms with E-state index in [9.17, 15) is 14.3 Å². The van der Waals surface area contributed by atoms with E-state index in [0.717, 1.165) is 0 Å². The van der Waals surface area contributed by atoms with Crippen molar-refractivity contribution in [3.8, 4) is 6.07 Å². The van der Waals surface area contributed by atoms with Crippen LogP contribution in [0.15, 0.2) is 42.5 Å². The van der Waals surface area contributed by atoms with Crippen LogP contribution < -0.4 is 5.32 Å². The summed E-state index contributed by atoms with van der Waals surface area (Å²) >= 11 is 0. The summed E-state index contributed by atoms with van der Waals surface area (Å²) in [4.78, 5) is 14.2. The second kappa shape index (κ2) is 6.91. The molecule has 1 saturated heterocycles. The van der Waals surface area contributed by atoms with Gasteiger partial charge >= 0.3 is 6.03 Å². The number of rotatable bonds is 2. The summed E-state index contributed by atoms with van der Waals surface area (Å²) in [5.41, 5.74) is 2.36. The number of aliphatic hydroxyl groups is 1. The monoisotopic (exact) mass is 339 g/mol. The maximum atomic E-state index is 13.5. The highest BCUT2D eigenvalue weighted by Gasteiger charge is 2.35. The van der Waals surface area contributed by atoms with Crippen molar-refractivity contribution < 1.29 is 14.3 Å². The van der Waals surface area contributed by atoms with E-state index in [-0.39, 0.29) is 18.4 Å². The summed E-state index contributed by atoms with van der Waals surface area (Å²) in [6, 6.07) is 12.5. The molecule has 128 valence electrons. The van der Waals surface area contributed by atoms with Crippen LogP contribution in [0.4, 0.5) is 14.9 Å². The Morgan fingerprint density at radius 3 is 2.84 bits per heavy atom. The van der Waals surface area contributed by atoms with Gasteiger partial charge in [0.1, 0.15) is 5.82 Å². The zero-order valence-electron chi connectivity index (χ0n) is 13.7. The molecule has 1 fully saturated rings. The van der Waals surface area contributed by atoms with E-state index in [1.807, 2.05) is 0 Å². The van der Waals surface area contributed by atoms with Crippen molar-refractivity contribution in [2.75, 3.05) is 11.9 Å². The molecule has 2 aromatic rings. The van der Waals surface area contributed by atoms with Crippen molar-refractivity contribution in [2.45, 2.75) is 25.5 Å². The number of aliphatic hydroxyl groups excluding tert-OH is 1. The number of nitrogens with one attached hydrogen (secondary N) is 1. The minimum Gasteiger partial charge on any atom is -0.391 e. The van der Waals surface area contributed by atoms with Gasteiger partial charge < -0.3 is 15.3 Å². The van der Waals surface area contributed by atoms with Gasteiger partial charge in [0.25, 0.3) is 0 Å². The molecule has 1 heterocycles. The Kier molecular flexibility index (Phi) is 4.68. The molecule has 0 spiro atoms. The smallest absolute Gasteiger partial charge is 0.322 e. The molecule has 2 atom stereocenters. The number of hydrogen-bond acceptors (Lipinski definition) is 3. The van der Waals surface area contributed by atoms with E-state index in [0.29, 0.717) is 28.8 Å². The molecule has 0 aromatic heterocycles. The van der Waals surface area contributed by atoms with Gasteiger partial charge in [-0.05, 0) is 48.7 Å². The molecule has 1 aliphatic heterocycles. The fourth-order valence-electron chi connectivity index (χ4n) is 3.15. The van der Waals surface area contributed by atoms with Crippen molar-refractivity contribution in [2.24, 2.45) is 0 Å². The molecule has 25 heavy (non-hydrogen) atoms. The number of nitriles is 1. The first-order valence-corrected chi connectivity index (χ1v) is 8.00. The summed E-state index contributed by atoms with van der Waals surface area (Å²) in [6.45, 7) is 1.93. The largest absolute Gasteiger partial charge is 0.391 e. The lowest BCUT2D eigenvalue weighted by molar-refractivity contribution is 0.175. The van der Waals surface area contributed by atoms with Crippen LogP contribution in [0.25, 0.3) is 0 Å². The predicted molar refractivity (Wildman–Crippen MR) is 91.4 cm³/mol. The molecule has 2 amide bonds. The molecular weight excluding hydrogens is 321 g/mol. The van der Waals surface area contributed by atoms with Crippen molar-refractivity contribution >= 4 is 11.7 Å². The standard InChI is InChI=1S/C19H18FN3O2/c1-12-14(10-21)5-3-7-17(12)22-19(25)23-11-16(24)9-18(23)13-4-2-6-15(20)8-13/h2-8,16,18,24H,9,11H2,1H3,(H,22,25)/t16-,18-/m0/s1. The lowest BCUT2D eigenvalue weighted by Crippen LogP contribution is -2.35. The third kappa shape index (κ3) is 3.47. The SMILES string of the molecule is Cc1c(C#N)cccc1NC(=O)N1C[C@@H](O)C[C@H]1c1cccc(F)c1. The van der Waals surface area contributed by atoms with Gasteiger partial charge in [-0.3, -0.25) is 0 Å². The van der Waals surface area contributed by atoms with Crippen molar-refractivity contribution in [1.82, 2.24) is 4.90 Å². The topological polar surface area (TPSA) is 76.4 Å². The predicted octanol–water partition coefficient (Wildman–Crippen LogP) is 3.35. The van der Waals surface area contributed by atoms with Crippen LogP contribution in [0.5, 0.6) is 0 Å². The van der Waals surface area contributed by atoms with Crippen LogP contribution in [0.1, 0.15) is 29.2 Å². The molecule has 0 bridgehead atoms. The summed E-state index contributed by atoms with van der Waals surface area (Å²) in [5, 5.41) is 21.9. The van der Waals surface area contributed by atoms with E-state index < -0.39 is 12.1 Å². The number of hydrogen-bond donors (Lipinski definition) is 2. The number of nitrogens with zero attached hydrogens (tertiary/aromatic N) is 2. The summed E-state index contributed by atoms with van der Waals surface area (Å²) < 4.78 is 13.5. The van der Waals surface area contributed by atoms with Crippen LogP contribution in [-0.2, 0) is 0 Å². The van der Waals surface area contributed by atoms with Gasteiger partial charge in [0, 0.05) is 12.2 Å². The zero-order valence-corrected chi connectivity index (χ0v) is 13.7. The normalized spacial score (nSPS) is 19.5. The van der Waals surface area contributed by atoms with Crippen LogP contribution >= 0.6 is 0 Å². The Balaban J connectivity index is 1.84. The number of benzene rings is 2. The Morgan fingerprint density at radius 2 is 2.12 bits per heavy atom. The quantitative estimate of drug-likeness (QED) is 0.881. The highest BCUT2D eigenvalue weighted by Crippen LogP contribution is 2.33. The Morgan fingerprint density at radius 1 is 1.36 bits per heavy atom. The Bertz CT molecular complexity index is 847. The first kappa shape index (κ1) is 16.9. The van der Waals surface area contributed by atoms with E-state index in [2.05, 4.69) is 11.4 Å². The molecular formula is C19H18FN3O2. The van der Waals surface area contributed by atoms with Crippen molar-refractivity contribution in [3.63, 3.8) is 0 Å². The Hall–Kier alpha value is -2.91. The molecule has 0 unspecified atom stereocenters. The van der Waals surface area contributed by atoms with Crippen LogP contribution in [0, 0.1) is 24.1 Å². The highest BCUT2D eigenvalue weighted by atomic mass is 19.1. The van der Waals surface area contributed by atoms with Gasteiger partial charge in [0.2, 0.25) is 0 Å². The van der Waals surface area contributed by atoms with Gasteiger partial charge in [-0.1, -0.05) is 18.2 Å². The molecule has 5 nitrogen and oxygen atoms in total. The summed E-state index contributed by atoms with van der Waals surface area (Å²) in [5.74, 6) is -0.378. The molecule has 0 aliphatic carbocycles. The highest BCUT2D eigenvalue weighted by molar-refractivity contribution is 5.91. The average Bonchev–Trinajstić information content (AvgIpc) is 2.99. The summed E-state index contributed by atoms with van der Waals surface area (Å²) in [6.07, 6.45) is -0.306. The van der Waals surface area contributed by atoms with Crippen molar-refractivity contribution in [1.29, 1.82) is 5.26 Å². The number of amides is 2. The molecule has 0 radical (unpaired) electrons. The first-order valence-electron chi connectivity index (χ1n) is 8.00. The van der Waals surface area contributed by atoms with E-state index in [4.69, 9.17) is 5.26 Å². The number of likely N-dealkylation sites (tertiary alicyclic amines) is 1. The molecule has 2 aromatic carbocycles. The summed E-state index contributed by atoms with van der Waals surface area (Å²) in [7, 11) is 0.